The van der Waals surface area contributed by atoms with Crippen molar-refractivity contribution >= 4 is 11.9 Å². The van der Waals surface area contributed by atoms with Crippen LogP contribution in [0.4, 0.5) is 0 Å². The number of ether oxygens (including phenoxy) is 2. The molecule has 0 spiro atoms. The van der Waals surface area contributed by atoms with Gasteiger partial charge in [0.05, 0.1) is 13.2 Å². The lowest BCUT2D eigenvalue weighted by Gasteiger charge is -2.07. The highest BCUT2D eigenvalue weighted by molar-refractivity contribution is 5.73. The molecule has 3 N–H and O–H groups in total. The summed E-state index contributed by atoms with van der Waals surface area (Å²) in [6.07, 6.45) is 1.59. The zero-order valence-corrected chi connectivity index (χ0v) is 9.48. The third kappa shape index (κ3) is 8.19. The molecule has 6 heteroatoms. The molecular weight excluding hydrogens is 214 g/mol. The fraction of sp³-hybridized carbons (Fsp3) is 0.800. The number of esters is 1. The Morgan fingerprint density at radius 2 is 2.06 bits per heavy atom. The number of carbonyl (C=O) groups excluding carboxylic acids is 1. The molecule has 0 rings (SSSR count). The van der Waals surface area contributed by atoms with Gasteiger partial charge in [-0.3, -0.25) is 9.59 Å². The van der Waals surface area contributed by atoms with Gasteiger partial charge in [-0.1, -0.05) is 6.92 Å². The van der Waals surface area contributed by atoms with E-state index in [1.54, 1.807) is 0 Å². The Hall–Kier alpha value is -1.14. The maximum atomic E-state index is 11.0. The second-order valence-electron chi connectivity index (χ2n) is 3.34. The molecule has 0 heterocycles. The van der Waals surface area contributed by atoms with E-state index in [0.717, 1.165) is 6.42 Å². The summed E-state index contributed by atoms with van der Waals surface area (Å²) in [6.45, 7) is 2.62. The van der Waals surface area contributed by atoms with Gasteiger partial charge in [-0.05, 0) is 12.8 Å². The van der Waals surface area contributed by atoms with Crippen LogP contribution in [0.25, 0.3) is 0 Å². The van der Waals surface area contributed by atoms with Gasteiger partial charge in [0.15, 0.2) is 0 Å². The lowest BCUT2D eigenvalue weighted by atomic mass is 10.3. The second kappa shape index (κ2) is 9.11. The van der Waals surface area contributed by atoms with Crippen molar-refractivity contribution < 1.29 is 24.2 Å². The molecule has 0 aliphatic heterocycles. The van der Waals surface area contributed by atoms with E-state index in [0.29, 0.717) is 19.6 Å². The quantitative estimate of drug-likeness (QED) is 0.434. The predicted octanol–water partition coefficient (Wildman–Crippen LogP) is 0.148. The van der Waals surface area contributed by atoms with Crippen LogP contribution in [0.1, 0.15) is 26.2 Å². The van der Waals surface area contributed by atoms with E-state index in [2.05, 4.69) is 0 Å². The van der Waals surface area contributed by atoms with E-state index in [1.807, 2.05) is 6.92 Å². The van der Waals surface area contributed by atoms with Crippen LogP contribution in [-0.4, -0.2) is 42.9 Å². The highest BCUT2D eigenvalue weighted by Crippen LogP contribution is 1.95. The first-order chi connectivity index (χ1) is 7.57. The van der Waals surface area contributed by atoms with E-state index in [1.165, 1.54) is 0 Å². The molecule has 0 saturated heterocycles. The van der Waals surface area contributed by atoms with Gasteiger partial charge < -0.3 is 20.3 Å². The van der Waals surface area contributed by atoms with Crippen molar-refractivity contribution in [1.29, 1.82) is 0 Å². The van der Waals surface area contributed by atoms with E-state index >= 15 is 0 Å². The van der Waals surface area contributed by atoms with Crippen LogP contribution in [0.15, 0.2) is 0 Å². The number of aliphatic carboxylic acids is 1. The molecule has 6 nitrogen and oxygen atoms in total. The van der Waals surface area contributed by atoms with Crippen molar-refractivity contribution in [3.8, 4) is 0 Å². The highest BCUT2D eigenvalue weighted by atomic mass is 16.5. The molecule has 0 bridgehead atoms. The fourth-order valence-electron chi connectivity index (χ4n) is 0.888. The Morgan fingerprint density at radius 3 is 2.62 bits per heavy atom. The molecule has 0 saturated carbocycles. The van der Waals surface area contributed by atoms with Crippen LogP contribution in [0.5, 0.6) is 0 Å². The minimum atomic E-state index is -1.10. The number of hydrogen-bond donors (Lipinski definition) is 2. The highest BCUT2D eigenvalue weighted by Gasteiger charge is 2.10. The van der Waals surface area contributed by atoms with Crippen LogP contribution in [0.3, 0.4) is 0 Å². The zero-order valence-electron chi connectivity index (χ0n) is 9.48. The standard InChI is InChI=1S/C10H19NO5/c1-2-5-16-9(12)4-3-6-15-7-8(11)10(13)14/h8H,2-7,11H2,1H3,(H,13,14)/t8-/m0/s1. The van der Waals surface area contributed by atoms with Gasteiger partial charge in [0, 0.05) is 13.0 Å². The molecule has 0 aromatic carbocycles. The van der Waals surface area contributed by atoms with Gasteiger partial charge in [-0.15, -0.1) is 0 Å². The Kier molecular flexibility index (Phi) is 8.46. The molecule has 16 heavy (non-hydrogen) atoms. The largest absolute Gasteiger partial charge is 0.480 e. The predicted molar refractivity (Wildman–Crippen MR) is 56.9 cm³/mol. The molecule has 1 atom stereocenters. The number of nitrogens with two attached hydrogens (primary N) is 1. The monoisotopic (exact) mass is 233 g/mol. The number of carboxylic acids is 1. The summed E-state index contributed by atoms with van der Waals surface area (Å²) in [5, 5.41) is 8.44. The molecule has 0 unspecified atom stereocenters. The second-order valence-corrected chi connectivity index (χ2v) is 3.34. The summed E-state index contributed by atoms with van der Waals surface area (Å²) in [7, 11) is 0. The maximum Gasteiger partial charge on any atom is 0.322 e. The molecular formula is C10H19NO5. The van der Waals surface area contributed by atoms with Gasteiger partial charge in [0.1, 0.15) is 6.04 Å². The smallest absolute Gasteiger partial charge is 0.322 e. The minimum Gasteiger partial charge on any atom is -0.480 e. The van der Waals surface area contributed by atoms with Crippen LogP contribution in [0.2, 0.25) is 0 Å². The third-order valence-electron chi connectivity index (χ3n) is 1.75. The molecule has 0 aromatic rings. The molecule has 0 aromatic heterocycles. The molecule has 0 aliphatic carbocycles. The lowest BCUT2D eigenvalue weighted by molar-refractivity contribution is -0.144. The van der Waals surface area contributed by atoms with Gasteiger partial charge >= 0.3 is 11.9 Å². The zero-order chi connectivity index (χ0) is 12.4. The lowest BCUT2D eigenvalue weighted by Crippen LogP contribution is -2.35. The number of rotatable bonds is 9. The fourth-order valence-corrected chi connectivity index (χ4v) is 0.888. The maximum absolute atomic E-state index is 11.0. The summed E-state index contributed by atoms with van der Waals surface area (Å²) >= 11 is 0. The Labute approximate surface area is 94.7 Å². The number of carboxylic acid groups (broad SMARTS) is 1. The van der Waals surface area contributed by atoms with E-state index in [4.69, 9.17) is 20.3 Å². The average Bonchev–Trinajstić information content (AvgIpc) is 2.25. The average molecular weight is 233 g/mol. The summed E-state index contributed by atoms with van der Waals surface area (Å²) in [4.78, 5) is 21.3. The Bertz CT molecular complexity index is 219. The van der Waals surface area contributed by atoms with Crippen LogP contribution < -0.4 is 5.73 Å². The SMILES string of the molecule is CCCOC(=O)CCCOC[C@H](N)C(=O)O. The first-order valence-corrected chi connectivity index (χ1v) is 5.29. The van der Waals surface area contributed by atoms with E-state index in [9.17, 15) is 9.59 Å². The Morgan fingerprint density at radius 1 is 1.38 bits per heavy atom. The van der Waals surface area contributed by atoms with E-state index in [-0.39, 0.29) is 19.0 Å². The molecule has 0 radical (unpaired) electrons. The first-order valence-electron chi connectivity index (χ1n) is 5.29. The third-order valence-corrected chi connectivity index (χ3v) is 1.75. The topological polar surface area (TPSA) is 98.9 Å². The minimum absolute atomic E-state index is 0.0423. The molecule has 0 fully saturated rings. The van der Waals surface area contributed by atoms with Crippen LogP contribution in [-0.2, 0) is 19.1 Å². The first kappa shape index (κ1) is 14.9. The summed E-state index contributed by atoms with van der Waals surface area (Å²) in [6, 6.07) is -1.01. The number of hydrogen-bond acceptors (Lipinski definition) is 5. The van der Waals surface area contributed by atoms with Crippen LogP contribution in [0, 0.1) is 0 Å². The molecule has 0 aliphatic rings. The van der Waals surface area contributed by atoms with Gasteiger partial charge in [0.25, 0.3) is 0 Å². The summed E-state index contributed by atoms with van der Waals surface area (Å²) in [5.74, 6) is -1.35. The van der Waals surface area contributed by atoms with Crippen molar-refractivity contribution in [3.05, 3.63) is 0 Å². The van der Waals surface area contributed by atoms with Crippen molar-refractivity contribution in [2.75, 3.05) is 19.8 Å². The normalized spacial score (nSPS) is 12.1. The van der Waals surface area contributed by atoms with Crippen molar-refractivity contribution in [1.82, 2.24) is 0 Å². The summed E-state index contributed by atoms with van der Waals surface area (Å²) in [5.41, 5.74) is 5.21. The number of carbonyl (C=O) groups is 2. The van der Waals surface area contributed by atoms with Gasteiger partial charge in [-0.2, -0.15) is 0 Å². The van der Waals surface area contributed by atoms with Gasteiger partial charge in [-0.25, -0.2) is 0 Å². The summed E-state index contributed by atoms with van der Waals surface area (Å²) < 4.78 is 9.84. The van der Waals surface area contributed by atoms with Gasteiger partial charge in [0.2, 0.25) is 0 Å². The molecule has 0 amide bonds. The van der Waals surface area contributed by atoms with E-state index < -0.39 is 12.0 Å². The Balaban J connectivity index is 3.33. The van der Waals surface area contributed by atoms with Crippen molar-refractivity contribution in [2.24, 2.45) is 5.73 Å². The van der Waals surface area contributed by atoms with Crippen molar-refractivity contribution in [2.45, 2.75) is 32.2 Å². The van der Waals surface area contributed by atoms with Crippen LogP contribution >= 0.6 is 0 Å². The molecule has 94 valence electrons. The van der Waals surface area contributed by atoms with Crippen molar-refractivity contribution in [3.63, 3.8) is 0 Å².